The molecule has 82 valence electrons. The molecule has 3 atom stereocenters. The van der Waals surface area contributed by atoms with Crippen LogP contribution in [0.1, 0.15) is 47.0 Å². The van der Waals surface area contributed by atoms with E-state index in [9.17, 15) is 9.90 Å². The van der Waals surface area contributed by atoms with Crippen LogP contribution in [-0.2, 0) is 4.79 Å². The maximum Gasteiger partial charge on any atom is 0.309 e. The van der Waals surface area contributed by atoms with Gasteiger partial charge >= 0.3 is 5.97 Å². The van der Waals surface area contributed by atoms with Gasteiger partial charge in [0.2, 0.25) is 0 Å². The average molecular weight is 198 g/mol. The Balaban J connectivity index is 2.88. The predicted octanol–water partition coefficient (Wildman–Crippen LogP) is 3.17. The number of hydrogen-bond donors (Lipinski definition) is 1. The summed E-state index contributed by atoms with van der Waals surface area (Å²) in [5.41, 5.74) is -0.494. The minimum Gasteiger partial charge on any atom is -0.481 e. The van der Waals surface area contributed by atoms with Crippen LogP contribution in [0, 0.1) is 23.2 Å². The smallest absolute Gasteiger partial charge is 0.309 e. The molecule has 0 aromatic heterocycles. The zero-order valence-electron chi connectivity index (χ0n) is 9.71. The second-order valence-electron chi connectivity index (χ2n) is 5.46. The molecule has 0 aromatic rings. The van der Waals surface area contributed by atoms with E-state index in [1.54, 1.807) is 0 Å². The maximum absolute atomic E-state index is 11.3. The summed E-state index contributed by atoms with van der Waals surface area (Å²) in [5.74, 6) is 0.772. The van der Waals surface area contributed by atoms with E-state index in [-0.39, 0.29) is 0 Å². The molecule has 0 radical (unpaired) electrons. The van der Waals surface area contributed by atoms with E-state index in [4.69, 9.17) is 0 Å². The second-order valence-corrected chi connectivity index (χ2v) is 5.46. The van der Waals surface area contributed by atoms with Gasteiger partial charge in [0.15, 0.2) is 0 Å². The van der Waals surface area contributed by atoms with Gasteiger partial charge in [-0.3, -0.25) is 4.79 Å². The van der Waals surface area contributed by atoms with Crippen molar-refractivity contribution in [3.8, 4) is 0 Å². The standard InChI is InChI=1S/C12H22O2/c1-8(2)10-6-5-9(3)7-12(10,4)11(13)14/h8-10H,5-7H2,1-4H3,(H,13,14)/t9-,10-,12-/m1/s1. The van der Waals surface area contributed by atoms with Crippen LogP contribution in [0.2, 0.25) is 0 Å². The summed E-state index contributed by atoms with van der Waals surface area (Å²) < 4.78 is 0. The summed E-state index contributed by atoms with van der Waals surface area (Å²) in [4.78, 5) is 11.3. The van der Waals surface area contributed by atoms with Crippen molar-refractivity contribution in [3.63, 3.8) is 0 Å². The molecule has 1 rings (SSSR count). The van der Waals surface area contributed by atoms with Crippen molar-refractivity contribution >= 4 is 5.97 Å². The lowest BCUT2D eigenvalue weighted by Gasteiger charge is -2.43. The van der Waals surface area contributed by atoms with E-state index >= 15 is 0 Å². The molecule has 1 aliphatic rings. The zero-order valence-corrected chi connectivity index (χ0v) is 9.71. The molecule has 0 heterocycles. The van der Waals surface area contributed by atoms with Crippen LogP contribution in [-0.4, -0.2) is 11.1 Å². The number of rotatable bonds is 2. The molecular formula is C12H22O2. The summed E-state index contributed by atoms with van der Waals surface area (Å²) in [6.45, 7) is 8.37. The number of carbonyl (C=O) groups is 1. The highest BCUT2D eigenvalue weighted by molar-refractivity contribution is 5.74. The molecule has 1 fully saturated rings. The van der Waals surface area contributed by atoms with Crippen molar-refractivity contribution in [3.05, 3.63) is 0 Å². The molecule has 2 nitrogen and oxygen atoms in total. The lowest BCUT2D eigenvalue weighted by atomic mass is 9.61. The maximum atomic E-state index is 11.3. The van der Waals surface area contributed by atoms with Crippen LogP contribution in [0.15, 0.2) is 0 Å². The van der Waals surface area contributed by atoms with Gasteiger partial charge in [0.1, 0.15) is 0 Å². The molecule has 14 heavy (non-hydrogen) atoms. The Hall–Kier alpha value is -0.530. The Bertz CT molecular complexity index is 222. The summed E-state index contributed by atoms with van der Waals surface area (Å²) in [6.07, 6.45) is 3.10. The molecule has 0 aliphatic heterocycles. The first-order chi connectivity index (χ1) is 6.38. The monoisotopic (exact) mass is 198 g/mol. The van der Waals surface area contributed by atoms with Gasteiger partial charge in [0.25, 0.3) is 0 Å². The molecule has 0 bridgehead atoms. The predicted molar refractivity (Wildman–Crippen MR) is 57.1 cm³/mol. The lowest BCUT2D eigenvalue weighted by Crippen LogP contribution is -2.43. The Morgan fingerprint density at radius 2 is 2.00 bits per heavy atom. The van der Waals surface area contributed by atoms with Crippen molar-refractivity contribution in [1.82, 2.24) is 0 Å². The normalized spacial score (nSPS) is 38.6. The topological polar surface area (TPSA) is 37.3 Å². The highest BCUT2D eigenvalue weighted by Crippen LogP contribution is 2.46. The Morgan fingerprint density at radius 3 is 2.43 bits per heavy atom. The summed E-state index contributed by atoms with van der Waals surface area (Å²) in [5, 5.41) is 9.33. The molecule has 0 spiro atoms. The van der Waals surface area contributed by atoms with E-state index in [1.165, 1.54) is 6.42 Å². The van der Waals surface area contributed by atoms with Crippen molar-refractivity contribution in [2.75, 3.05) is 0 Å². The number of carboxylic acids is 1. The third kappa shape index (κ3) is 1.94. The minimum atomic E-state index is -0.609. The zero-order chi connectivity index (χ0) is 10.9. The van der Waals surface area contributed by atoms with Gasteiger partial charge in [0, 0.05) is 0 Å². The average Bonchev–Trinajstić information content (AvgIpc) is 2.02. The molecule has 1 N–H and O–H groups in total. The Kier molecular flexibility index (Phi) is 3.23. The van der Waals surface area contributed by atoms with Crippen molar-refractivity contribution in [1.29, 1.82) is 0 Å². The van der Waals surface area contributed by atoms with Gasteiger partial charge in [-0.05, 0) is 37.5 Å². The fraction of sp³-hybridized carbons (Fsp3) is 0.917. The van der Waals surface area contributed by atoms with Crippen LogP contribution >= 0.6 is 0 Å². The summed E-state index contributed by atoms with van der Waals surface area (Å²) in [6, 6.07) is 0. The van der Waals surface area contributed by atoms with E-state index < -0.39 is 11.4 Å². The van der Waals surface area contributed by atoms with Gasteiger partial charge in [-0.15, -0.1) is 0 Å². The third-order valence-electron chi connectivity index (χ3n) is 3.85. The molecule has 0 unspecified atom stereocenters. The highest BCUT2D eigenvalue weighted by Gasteiger charge is 2.46. The number of hydrogen-bond acceptors (Lipinski definition) is 1. The van der Waals surface area contributed by atoms with Gasteiger partial charge in [0.05, 0.1) is 5.41 Å². The first-order valence-electron chi connectivity index (χ1n) is 5.61. The number of carboxylic acid groups (broad SMARTS) is 1. The molecule has 1 aliphatic carbocycles. The van der Waals surface area contributed by atoms with Gasteiger partial charge in [-0.2, -0.15) is 0 Å². The minimum absolute atomic E-state index is 0.344. The highest BCUT2D eigenvalue weighted by atomic mass is 16.4. The van der Waals surface area contributed by atoms with E-state index in [1.807, 2.05) is 6.92 Å². The van der Waals surface area contributed by atoms with Crippen LogP contribution in [0.25, 0.3) is 0 Å². The first kappa shape index (κ1) is 11.5. The van der Waals surface area contributed by atoms with Crippen LogP contribution < -0.4 is 0 Å². The Morgan fingerprint density at radius 1 is 1.43 bits per heavy atom. The van der Waals surface area contributed by atoms with E-state index in [2.05, 4.69) is 20.8 Å². The van der Waals surface area contributed by atoms with Crippen LogP contribution in [0.4, 0.5) is 0 Å². The quantitative estimate of drug-likeness (QED) is 0.740. The van der Waals surface area contributed by atoms with Crippen molar-refractivity contribution < 1.29 is 9.90 Å². The molecule has 0 aromatic carbocycles. The summed E-state index contributed by atoms with van der Waals surface area (Å²) in [7, 11) is 0. The molecule has 0 saturated heterocycles. The second kappa shape index (κ2) is 3.92. The van der Waals surface area contributed by atoms with E-state index in [0.717, 1.165) is 12.8 Å². The molecular weight excluding hydrogens is 176 g/mol. The van der Waals surface area contributed by atoms with E-state index in [0.29, 0.717) is 17.8 Å². The first-order valence-corrected chi connectivity index (χ1v) is 5.61. The Labute approximate surface area is 86.7 Å². The van der Waals surface area contributed by atoms with Gasteiger partial charge in [-0.25, -0.2) is 0 Å². The third-order valence-corrected chi connectivity index (χ3v) is 3.85. The number of aliphatic carboxylic acids is 1. The largest absolute Gasteiger partial charge is 0.481 e. The van der Waals surface area contributed by atoms with Crippen molar-refractivity contribution in [2.45, 2.75) is 47.0 Å². The van der Waals surface area contributed by atoms with Crippen LogP contribution in [0.5, 0.6) is 0 Å². The van der Waals surface area contributed by atoms with Gasteiger partial charge < -0.3 is 5.11 Å². The molecule has 1 saturated carbocycles. The fourth-order valence-electron chi connectivity index (χ4n) is 3.07. The van der Waals surface area contributed by atoms with Crippen molar-refractivity contribution in [2.24, 2.45) is 23.2 Å². The summed E-state index contributed by atoms with van der Waals surface area (Å²) >= 11 is 0. The molecule has 2 heteroatoms. The SMILES string of the molecule is CC(C)[C@H]1CC[C@@H](C)C[C@@]1(C)C(=O)O. The molecule has 0 amide bonds. The lowest BCUT2D eigenvalue weighted by molar-refractivity contribution is -0.156. The van der Waals surface area contributed by atoms with Crippen LogP contribution in [0.3, 0.4) is 0 Å². The fourth-order valence-corrected chi connectivity index (χ4v) is 3.07. The van der Waals surface area contributed by atoms with Gasteiger partial charge in [-0.1, -0.05) is 27.2 Å².